The lowest BCUT2D eigenvalue weighted by Gasteiger charge is -2.14. The van der Waals surface area contributed by atoms with E-state index in [1.165, 1.54) is 0 Å². The monoisotopic (exact) mass is 290 g/mol. The van der Waals surface area contributed by atoms with Gasteiger partial charge >= 0.3 is 0 Å². The topological polar surface area (TPSA) is 64.3 Å². The molecule has 104 valence electrons. The molecule has 0 aliphatic rings. The number of carbonyl (C=O) groups excluding carboxylic acids is 1. The molecule has 3 N–H and O–H groups in total. The average Bonchev–Trinajstić information content (AvgIpc) is 2.44. The molecule has 2 rings (SSSR count). The van der Waals surface area contributed by atoms with Crippen molar-refractivity contribution in [2.45, 2.75) is 13.0 Å². The van der Waals surface area contributed by atoms with Crippen LogP contribution in [0.2, 0.25) is 5.02 Å². The van der Waals surface area contributed by atoms with Gasteiger partial charge < -0.3 is 15.8 Å². The summed E-state index contributed by atoms with van der Waals surface area (Å²) in [5.41, 5.74) is 6.91. The maximum atomic E-state index is 12.0. The van der Waals surface area contributed by atoms with Gasteiger partial charge in [0.2, 0.25) is 0 Å². The van der Waals surface area contributed by atoms with Crippen LogP contribution in [0.5, 0.6) is 5.75 Å². The minimum Gasteiger partial charge on any atom is -0.481 e. The average molecular weight is 291 g/mol. The predicted octanol–water partition coefficient (Wildman–Crippen LogP) is 3.33. The summed E-state index contributed by atoms with van der Waals surface area (Å²) in [6.45, 7) is 1.68. The highest BCUT2D eigenvalue weighted by atomic mass is 35.5. The number of anilines is 2. The van der Waals surface area contributed by atoms with Crippen molar-refractivity contribution in [1.29, 1.82) is 0 Å². The molecule has 0 saturated heterocycles. The van der Waals surface area contributed by atoms with Crippen molar-refractivity contribution in [2.75, 3.05) is 11.1 Å². The molecule has 0 fully saturated rings. The fraction of sp³-hybridized carbons (Fsp3) is 0.133. The Balaban J connectivity index is 1.94. The molecule has 2 aromatic carbocycles. The molecule has 0 saturated carbocycles. The fourth-order valence-corrected chi connectivity index (χ4v) is 1.71. The van der Waals surface area contributed by atoms with Gasteiger partial charge in [-0.15, -0.1) is 0 Å². The summed E-state index contributed by atoms with van der Waals surface area (Å²) in [7, 11) is 0. The van der Waals surface area contributed by atoms with Crippen molar-refractivity contribution >= 4 is 28.9 Å². The van der Waals surface area contributed by atoms with E-state index in [1.54, 1.807) is 55.5 Å². The van der Waals surface area contributed by atoms with Crippen LogP contribution in [0.4, 0.5) is 11.4 Å². The first-order valence-electron chi connectivity index (χ1n) is 6.13. The maximum absolute atomic E-state index is 12.0. The molecule has 1 atom stereocenters. The third-order valence-corrected chi connectivity index (χ3v) is 2.93. The summed E-state index contributed by atoms with van der Waals surface area (Å²) < 4.78 is 5.53. The number of amides is 1. The summed E-state index contributed by atoms with van der Waals surface area (Å²) in [6, 6.07) is 13.8. The Kier molecular flexibility index (Phi) is 4.48. The van der Waals surface area contributed by atoms with Gasteiger partial charge in [0.05, 0.1) is 0 Å². The van der Waals surface area contributed by atoms with Crippen LogP contribution in [0.25, 0.3) is 0 Å². The zero-order chi connectivity index (χ0) is 14.5. The molecule has 0 radical (unpaired) electrons. The van der Waals surface area contributed by atoms with Crippen LogP contribution in [0.1, 0.15) is 6.92 Å². The summed E-state index contributed by atoms with van der Waals surface area (Å²) >= 11 is 5.79. The van der Waals surface area contributed by atoms with Crippen LogP contribution in [0, 0.1) is 0 Å². The van der Waals surface area contributed by atoms with Crippen LogP contribution in [-0.2, 0) is 4.79 Å². The minimum atomic E-state index is -0.617. The SMILES string of the molecule is C[C@@H](Oc1ccc(Cl)cc1)C(=O)Nc1ccc(N)cc1. The van der Waals surface area contributed by atoms with Gasteiger partial charge in [-0.1, -0.05) is 11.6 Å². The molecule has 2 aromatic rings. The van der Waals surface area contributed by atoms with E-state index in [0.717, 1.165) is 0 Å². The first kappa shape index (κ1) is 14.2. The second kappa shape index (κ2) is 6.30. The Morgan fingerprint density at radius 3 is 2.35 bits per heavy atom. The smallest absolute Gasteiger partial charge is 0.265 e. The third-order valence-electron chi connectivity index (χ3n) is 2.67. The number of nitrogen functional groups attached to an aromatic ring is 1. The molecule has 20 heavy (non-hydrogen) atoms. The van der Waals surface area contributed by atoms with Crippen LogP contribution in [0.15, 0.2) is 48.5 Å². The van der Waals surface area contributed by atoms with Crippen LogP contribution in [-0.4, -0.2) is 12.0 Å². The summed E-state index contributed by atoms with van der Waals surface area (Å²) in [5.74, 6) is 0.360. The molecule has 4 nitrogen and oxygen atoms in total. The Morgan fingerprint density at radius 1 is 1.15 bits per heavy atom. The summed E-state index contributed by atoms with van der Waals surface area (Å²) in [6.07, 6.45) is -0.617. The lowest BCUT2D eigenvalue weighted by molar-refractivity contribution is -0.122. The van der Waals surface area contributed by atoms with E-state index in [-0.39, 0.29) is 5.91 Å². The van der Waals surface area contributed by atoms with Crippen molar-refractivity contribution in [1.82, 2.24) is 0 Å². The highest BCUT2D eigenvalue weighted by Crippen LogP contribution is 2.17. The molecule has 5 heteroatoms. The highest BCUT2D eigenvalue weighted by Gasteiger charge is 2.14. The van der Waals surface area contributed by atoms with Gasteiger partial charge in [-0.25, -0.2) is 0 Å². The molecule has 0 aliphatic heterocycles. The van der Waals surface area contributed by atoms with E-state index in [0.29, 0.717) is 22.1 Å². The van der Waals surface area contributed by atoms with E-state index in [1.807, 2.05) is 0 Å². The zero-order valence-electron chi connectivity index (χ0n) is 11.0. The number of rotatable bonds is 4. The summed E-state index contributed by atoms with van der Waals surface area (Å²) in [4.78, 5) is 12.0. The van der Waals surface area contributed by atoms with Gasteiger partial charge in [-0.05, 0) is 55.5 Å². The molecule has 0 aliphatic carbocycles. The molecule has 0 spiro atoms. The Morgan fingerprint density at radius 2 is 1.75 bits per heavy atom. The number of halogens is 1. The zero-order valence-corrected chi connectivity index (χ0v) is 11.7. The molecule has 0 aromatic heterocycles. The van der Waals surface area contributed by atoms with Crippen molar-refractivity contribution in [3.8, 4) is 5.75 Å². The van der Waals surface area contributed by atoms with Gasteiger partial charge in [-0.3, -0.25) is 4.79 Å². The largest absolute Gasteiger partial charge is 0.481 e. The Labute approximate surface area is 122 Å². The molecular weight excluding hydrogens is 276 g/mol. The molecule has 0 heterocycles. The van der Waals surface area contributed by atoms with E-state index in [9.17, 15) is 4.79 Å². The van der Waals surface area contributed by atoms with Crippen molar-refractivity contribution in [3.63, 3.8) is 0 Å². The number of nitrogens with two attached hydrogens (primary N) is 1. The van der Waals surface area contributed by atoms with Crippen molar-refractivity contribution < 1.29 is 9.53 Å². The van der Waals surface area contributed by atoms with Crippen molar-refractivity contribution in [2.24, 2.45) is 0 Å². The maximum Gasteiger partial charge on any atom is 0.265 e. The summed E-state index contributed by atoms with van der Waals surface area (Å²) in [5, 5.41) is 3.38. The minimum absolute atomic E-state index is 0.232. The van der Waals surface area contributed by atoms with Crippen LogP contribution >= 0.6 is 11.6 Å². The molecule has 0 unspecified atom stereocenters. The quantitative estimate of drug-likeness (QED) is 0.849. The number of ether oxygens (including phenoxy) is 1. The first-order valence-corrected chi connectivity index (χ1v) is 6.51. The predicted molar refractivity (Wildman–Crippen MR) is 81.0 cm³/mol. The van der Waals surface area contributed by atoms with Crippen molar-refractivity contribution in [3.05, 3.63) is 53.6 Å². The van der Waals surface area contributed by atoms with E-state index < -0.39 is 6.10 Å². The van der Waals surface area contributed by atoms with Gasteiger partial charge in [0.25, 0.3) is 5.91 Å². The van der Waals surface area contributed by atoms with Crippen LogP contribution in [0.3, 0.4) is 0 Å². The molecule has 1 amide bonds. The van der Waals surface area contributed by atoms with Gasteiger partial charge in [0, 0.05) is 16.4 Å². The first-order chi connectivity index (χ1) is 9.54. The highest BCUT2D eigenvalue weighted by molar-refractivity contribution is 6.30. The van der Waals surface area contributed by atoms with E-state index in [4.69, 9.17) is 22.1 Å². The second-order valence-electron chi connectivity index (χ2n) is 4.33. The van der Waals surface area contributed by atoms with Gasteiger partial charge in [-0.2, -0.15) is 0 Å². The Hall–Kier alpha value is -2.20. The fourth-order valence-electron chi connectivity index (χ4n) is 1.58. The van der Waals surface area contributed by atoms with Gasteiger partial charge in [0.1, 0.15) is 5.75 Å². The molecular formula is C15H15ClN2O2. The number of carbonyl (C=O) groups is 1. The number of benzene rings is 2. The normalized spacial score (nSPS) is 11.7. The van der Waals surface area contributed by atoms with E-state index in [2.05, 4.69) is 5.32 Å². The number of hydrogen-bond donors (Lipinski definition) is 2. The Bertz CT molecular complexity index is 582. The lowest BCUT2D eigenvalue weighted by atomic mass is 10.2. The van der Waals surface area contributed by atoms with Crippen LogP contribution < -0.4 is 15.8 Å². The lowest BCUT2D eigenvalue weighted by Crippen LogP contribution is -2.30. The van der Waals surface area contributed by atoms with E-state index >= 15 is 0 Å². The standard InChI is InChI=1S/C15H15ClN2O2/c1-10(20-14-8-2-11(16)3-9-14)15(19)18-13-6-4-12(17)5-7-13/h2-10H,17H2,1H3,(H,18,19)/t10-/m1/s1. The number of hydrogen-bond acceptors (Lipinski definition) is 3. The second-order valence-corrected chi connectivity index (χ2v) is 4.76. The third kappa shape index (κ3) is 3.90. The molecule has 0 bridgehead atoms. The number of nitrogens with one attached hydrogen (secondary N) is 1. The van der Waals surface area contributed by atoms with Gasteiger partial charge in [0.15, 0.2) is 6.10 Å².